The molecule has 2 unspecified atom stereocenters. The van der Waals surface area contributed by atoms with Gasteiger partial charge in [0.25, 0.3) is 0 Å². The molecule has 0 bridgehead atoms. The van der Waals surface area contributed by atoms with Crippen LogP contribution in [0.5, 0.6) is 0 Å². The second-order valence-electron chi connectivity index (χ2n) is 4.24. The third-order valence-electron chi connectivity index (χ3n) is 2.19. The molecule has 0 aromatic rings. The number of rotatable bonds is 8. The van der Waals surface area contributed by atoms with Gasteiger partial charge in [0.15, 0.2) is 0 Å². The number of carboxylic acids is 2. The molecule has 0 amide bonds. The molecule has 13 heteroatoms. The van der Waals surface area contributed by atoms with Gasteiger partial charge in [0, 0.05) is 24.4 Å². The summed E-state index contributed by atoms with van der Waals surface area (Å²) in [7, 11) is 0. The van der Waals surface area contributed by atoms with E-state index in [-0.39, 0.29) is 37.7 Å². The summed E-state index contributed by atoms with van der Waals surface area (Å²) in [6.45, 7) is -1.28. The zero-order valence-electron chi connectivity index (χ0n) is 12.9. The van der Waals surface area contributed by atoms with Crippen LogP contribution in [-0.4, -0.2) is 116 Å². The number of hydrogen-bond acceptors (Lipinski definition) is 10. The minimum Gasteiger partial charge on any atom is -0.865 e. The number of carbonyl (C=O) groups is 2. The van der Waals surface area contributed by atoms with Crippen LogP contribution in [0.15, 0.2) is 23.0 Å². The van der Waals surface area contributed by atoms with E-state index in [1.807, 2.05) is 0 Å². The standard InChI is InChI=1S/2C6H10O6.Ca/c2*7-2-3(8)1-4(9)5(10)6(11)12;/h2*3,7-10H,1-2H2,(H,11,12);/q;;+2/p-2. The predicted octanol–water partition coefficient (Wildman–Crippen LogP) is -4.49. The van der Waals surface area contributed by atoms with Crippen molar-refractivity contribution in [3.05, 3.63) is 23.0 Å². The summed E-state index contributed by atoms with van der Waals surface area (Å²) in [5.74, 6) is -8.46. The molecular formula is C12H18CaO12. The van der Waals surface area contributed by atoms with Gasteiger partial charge in [0.05, 0.1) is 36.9 Å². The number of aliphatic hydroxyl groups is 6. The molecule has 8 N–H and O–H groups in total. The SMILES string of the molecule is O=C(O)C([O-])=C(O)CC(O)CO.O=C(O)C([O-])=C(O)CC(O)CO.[Ca+2]. The summed E-state index contributed by atoms with van der Waals surface area (Å²) in [6.07, 6.45) is -3.73. The molecule has 0 heterocycles. The zero-order valence-corrected chi connectivity index (χ0v) is 15.1. The average Bonchev–Trinajstić information content (AvgIpc) is 2.52. The van der Waals surface area contributed by atoms with Crippen molar-refractivity contribution in [1.29, 1.82) is 0 Å². The van der Waals surface area contributed by atoms with Crippen molar-refractivity contribution in [2.24, 2.45) is 0 Å². The van der Waals surface area contributed by atoms with E-state index < -0.39 is 73.2 Å². The van der Waals surface area contributed by atoms with Gasteiger partial charge >= 0.3 is 49.7 Å². The largest absolute Gasteiger partial charge is 2.00 e. The quantitative estimate of drug-likeness (QED) is 0.110. The monoisotopic (exact) mass is 394 g/mol. The van der Waals surface area contributed by atoms with Crippen molar-refractivity contribution in [3.63, 3.8) is 0 Å². The van der Waals surface area contributed by atoms with E-state index in [2.05, 4.69) is 0 Å². The molecule has 0 aliphatic heterocycles. The summed E-state index contributed by atoms with van der Waals surface area (Å²) < 4.78 is 0. The van der Waals surface area contributed by atoms with Crippen LogP contribution in [0.3, 0.4) is 0 Å². The second-order valence-corrected chi connectivity index (χ2v) is 4.24. The normalized spacial score (nSPS) is 14.6. The van der Waals surface area contributed by atoms with Gasteiger partial charge in [-0.1, -0.05) is 0 Å². The number of aliphatic hydroxyl groups excluding tert-OH is 6. The molecule has 0 radical (unpaired) electrons. The molecule has 0 aromatic heterocycles. The van der Waals surface area contributed by atoms with Crippen molar-refractivity contribution in [3.8, 4) is 0 Å². The van der Waals surface area contributed by atoms with Crippen LogP contribution in [0.2, 0.25) is 0 Å². The third kappa shape index (κ3) is 13.7. The van der Waals surface area contributed by atoms with Crippen molar-refractivity contribution in [2.45, 2.75) is 25.0 Å². The fourth-order valence-electron chi connectivity index (χ4n) is 1.01. The maximum absolute atomic E-state index is 10.4. The Morgan fingerprint density at radius 3 is 1.12 bits per heavy atom. The van der Waals surface area contributed by atoms with Gasteiger partial charge in [-0.25, -0.2) is 9.59 Å². The van der Waals surface area contributed by atoms with Gasteiger partial charge in [-0.15, -0.1) is 0 Å². The van der Waals surface area contributed by atoms with Crippen molar-refractivity contribution < 1.29 is 60.7 Å². The van der Waals surface area contributed by atoms with Crippen LogP contribution in [-0.2, 0) is 9.59 Å². The minimum absolute atomic E-state index is 0. The maximum Gasteiger partial charge on any atom is 2.00 e. The zero-order chi connectivity index (χ0) is 19.4. The van der Waals surface area contributed by atoms with Gasteiger partial charge in [-0.3, -0.25) is 0 Å². The average molecular weight is 394 g/mol. The first-order chi connectivity index (χ1) is 11.0. The third-order valence-corrected chi connectivity index (χ3v) is 2.19. The maximum atomic E-state index is 10.4. The molecule has 0 aromatic carbocycles. The van der Waals surface area contributed by atoms with Gasteiger partial charge < -0.3 is 51.1 Å². The van der Waals surface area contributed by atoms with Gasteiger partial charge in [-0.2, -0.15) is 0 Å². The molecule has 0 saturated heterocycles. The fourth-order valence-corrected chi connectivity index (χ4v) is 1.01. The van der Waals surface area contributed by atoms with Crippen LogP contribution in [0.25, 0.3) is 0 Å². The van der Waals surface area contributed by atoms with E-state index >= 15 is 0 Å². The van der Waals surface area contributed by atoms with Gasteiger partial charge in [-0.05, 0) is 0 Å². The van der Waals surface area contributed by atoms with Crippen LogP contribution >= 0.6 is 0 Å². The molecule has 0 saturated carbocycles. The summed E-state index contributed by atoms with van der Waals surface area (Å²) in [6, 6.07) is 0. The van der Waals surface area contributed by atoms with Crippen LogP contribution in [0.1, 0.15) is 12.8 Å². The van der Waals surface area contributed by atoms with Gasteiger partial charge in [0.2, 0.25) is 0 Å². The Hall–Kier alpha value is -1.28. The van der Waals surface area contributed by atoms with Crippen LogP contribution in [0, 0.1) is 0 Å². The van der Waals surface area contributed by atoms with E-state index in [0.29, 0.717) is 0 Å². The first-order valence-electron chi connectivity index (χ1n) is 6.20. The number of hydrogen-bond donors (Lipinski definition) is 8. The Bertz CT molecular complexity index is 442. The molecule has 0 aliphatic rings. The number of aliphatic carboxylic acids is 2. The molecule has 0 spiro atoms. The molecule has 0 aliphatic carbocycles. The van der Waals surface area contributed by atoms with E-state index in [1.165, 1.54) is 0 Å². The Morgan fingerprint density at radius 1 is 0.720 bits per heavy atom. The summed E-state index contributed by atoms with van der Waals surface area (Å²) in [5, 5.41) is 88.3. The first kappa shape index (κ1) is 28.5. The Balaban J connectivity index is -0.000000372. The Morgan fingerprint density at radius 2 is 0.960 bits per heavy atom. The van der Waals surface area contributed by atoms with Crippen molar-refractivity contribution in [2.75, 3.05) is 13.2 Å². The second kappa shape index (κ2) is 15.0. The molecule has 25 heavy (non-hydrogen) atoms. The topological polar surface area (TPSA) is 242 Å². The summed E-state index contributed by atoms with van der Waals surface area (Å²) in [4.78, 5) is 19.9. The van der Waals surface area contributed by atoms with E-state index in [9.17, 15) is 19.8 Å². The Kier molecular flexibility index (Phi) is 17.1. The minimum atomic E-state index is -1.79. The molecule has 0 fully saturated rings. The molecule has 0 rings (SSSR count). The molecule has 12 nitrogen and oxygen atoms in total. The summed E-state index contributed by atoms with van der Waals surface area (Å²) in [5.41, 5.74) is 0. The summed E-state index contributed by atoms with van der Waals surface area (Å²) >= 11 is 0. The predicted molar refractivity (Wildman–Crippen MR) is 75.8 cm³/mol. The molecular weight excluding hydrogens is 376 g/mol. The number of carboxylic acid groups (broad SMARTS) is 2. The van der Waals surface area contributed by atoms with Crippen LogP contribution < -0.4 is 10.2 Å². The van der Waals surface area contributed by atoms with Gasteiger partial charge in [0.1, 0.15) is 0 Å². The first-order valence-corrected chi connectivity index (χ1v) is 6.20. The van der Waals surface area contributed by atoms with E-state index in [0.717, 1.165) is 0 Å². The smallest absolute Gasteiger partial charge is 0.865 e. The van der Waals surface area contributed by atoms with E-state index in [4.69, 9.17) is 40.9 Å². The van der Waals surface area contributed by atoms with Crippen molar-refractivity contribution >= 4 is 49.7 Å². The molecule has 2 atom stereocenters. The van der Waals surface area contributed by atoms with Crippen molar-refractivity contribution in [1.82, 2.24) is 0 Å². The fraction of sp³-hybridized carbons (Fsp3) is 0.500. The Labute approximate surface area is 171 Å². The molecule has 140 valence electrons. The van der Waals surface area contributed by atoms with Crippen LogP contribution in [0.4, 0.5) is 0 Å². The van der Waals surface area contributed by atoms with E-state index in [1.54, 1.807) is 0 Å².